The first-order valence-corrected chi connectivity index (χ1v) is 4.51. The third-order valence-corrected chi connectivity index (χ3v) is 2.07. The minimum Gasteiger partial charge on any atom is -0.346 e. The van der Waals surface area contributed by atoms with Crippen LogP contribution in [0.3, 0.4) is 0 Å². The first-order valence-electron chi connectivity index (χ1n) is 4.13. The van der Waals surface area contributed by atoms with Crippen LogP contribution in [0.5, 0.6) is 0 Å². The average molecular weight is 256 g/mol. The molecule has 1 N–H and O–H groups in total. The molecule has 1 aromatic rings. The summed E-state index contributed by atoms with van der Waals surface area (Å²) in [5, 5.41) is 1.09. The second-order valence-corrected chi connectivity index (χ2v) is 3.20. The zero-order chi connectivity index (χ0) is 12.3. The van der Waals surface area contributed by atoms with Gasteiger partial charge in [-0.05, 0) is 12.1 Å². The van der Waals surface area contributed by atoms with Crippen molar-refractivity contribution in [1.82, 2.24) is 5.32 Å². The van der Waals surface area contributed by atoms with Gasteiger partial charge in [0.25, 0.3) is 12.3 Å². The number of benzene rings is 1. The fraction of sp³-hybridized carbons (Fsp3) is 0.222. The summed E-state index contributed by atoms with van der Waals surface area (Å²) < 4.78 is 49.1. The Balaban J connectivity index is 2.88. The highest BCUT2D eigenvalue weighted by Gasteiger charge is 2.17. The third kappa shape index (κ3) is 2.85. The van der Waals surface area contributed by atoms with Gasteiger partial charge in [-0.3, -0.25) is 4.79 Å². The molecule has 1 aromatic carbocycles. The number of alkyl halides is 2. The summed E-state index contributed by atoms with van der Waals surface area (Å²) in [6.45, 7) is -0.881. The zero-order valence-electron chi connectivity index (χ0n) is 7.74. The highest BCUT2D eigenvalue weighted by atomic mass is 35.5. The summed E-state index contributed by atoms with van der Waals surface area (Å²) in [4.78, 5) is 11.2. The normalized spacial score (nSPS) is 10.6. The molecule has 0 unspecified atom stereocenters. The molecule has 0 spiro atoms. The molecular formula is C9H6ClF4NO. The second kappa shape index (κ2) is 5.16. The fourth-order valence-corrected chi connectivity index (χ4v) is 1.21. The predicted octanol–water partition coefficient (Wildman–Crippen LogP) is 2.61. The van der Waals surface area contributed by atoms with E-state index in [0.29, 0.717) is 6.07 Å². The molecule has 88 valence electrons. The Morgan fingerprint density at radius 1 is 1.38 bits per heavy atom. The molecule has 0 aliphatic carbocycles. The topological polar surface area (TPSA) is 29.1 Å². The van der Waals surface area contributed by atoms with E-state index in [-0.39, 0.29) is 5.56 Å². The van der Waals surface area contributed by atoms with E-state index in [4.69, 9.17) is 11.6 Å². The lowest BCUT2D eigenvalue weighted by Crippen LogP contribution is -2.28. The number of rotatable bonds is 3. The van der Waals surface area contributed by atoms with Gasteiger partial charge in [-0.25, -0.2) is 17.6 Å². The van der Waals surface area contributed by atoms with Gasteiger partial charge in [0.15, 0.2) is 11.6 Å². The van der Waals surface area contributed by atoms with Gasteiger partial charge < -0.3 is 5.32 Å². The summed E-state index contributed by atoms with van der Waals surface area (Å²) in [7, 11) is 0. The molecule has 0 aliphatic rings. The molecule has 0 heterocycles. The Labute approximate surface area is 93.2 Å². The van der Waals surface area contributed by atoms with E-state index in [0.717, 1.165) is 6.07 Å². The Bertz CT molecular complexity index is 411. The maximum absolute atomic E-state index is 12.9. The van der Waals surface area contributed by atoms with E-state index in [9.17, 15) is 22.4 Å². The minimum absolute atomic E-state index is 0.388. The van der Waals surface area contributed by atoms with Crippen LogP contribution in [0.25, 0.3) is 0 Å². The molecule has 0 aliphatic heterocycles. The van der Waals surface area contributed by atoms with Crippen molar-refractivity contribution in [3.8, 4) is 0 Å². The van der Waals surface area contributed by atoms with Crippen molar-refractivity contribution in [2.45, 2.75) is 6.43 Å². The number of halogens is 5. The SMILES string of the molecule is O=C(NCC(F)F)c1ccc(F)c(F)c1Cl. The van der Waals surface area contributed by atoms with Gasteiger partial charge in [0.1, 0.15) is 0 Å². The molecule has 0 saturated heterocycles. The van der Waals surface area contributed by atoms with Crippen LogP contribution in [0.4, 0.5) is 17.6 Å². The minimum atomic E-state index is -2.73. The van der Waals surface area contributed by atoms with Crippen LogP contribution in [0.15, 0.2) is 12.1 Å². The lowest BCUT2D eigenvalue weighted by Gasteiger charge is -2.06. The number of amides is 1. The van der Waals surface area contributed by atoms with E-state index in [1.165, 1.54) is 0 Å². The maximum Gasteiger partial charge on any atom is 0.255 e. The number of carbonyl (C=O) groups excluding carboxylic acids is 1. The van der Waals surface area contributed by atoms with Crippen molar-refractivity contribution in [3.05, 3.63) is 34.4 Å². The highest BCUT2D eigenvalue weighted by Crippen LogP contribution is 2.22. The van der Waals surface area contributed by atoms with E-state index in [1.807, 2.05) is 5.32 Å². The molecule has 2 nitrogen and oxygen atoms in total. The second-order valence-electron chi connectivity index (χ2n) is 2.82. The molecule has 0 atom stereocenters. The molecule has 1 amide bonds. The van der Waals surface area contributed by atoms with Gasteiger partial charge in [-0.1, -0.05) is 11.6 Å². The lowest BCUT2D eigenvalue weighted by atomic mass is 10.2. The lowest BCUT2D eigenvalue weighted by molar-refractivity contribution is 0.0891. The van der Waals surface area contributed by atoms with Crippen molar-refractivity contribution >= 4 is 17.5 Å². The van der Waals surface area contributed by atoms with Gasteiger partial charge in [0.05, 0.1) is 17.1 Å². The summed E-state index contributed by atoms with van der Waals surface area (Å²) >= 11 is 5.35. The van der Waals surface area contributed by atoms with Crippen molar-refractivity contribution in [2.24, 2.45) is 0 Å². The number of nitrogens with one attached hydrogen (secondary N) is 1. The molecular weight excluding hydrogens is 250 g/mol. The zero-order valence-corrected chi connectivity index (χ0v) is 8.49. The molecule has 1 rings (SSSR count). The number of carbonyl (C=O) groups is 1. The van der Waals surface area contributed by atoms with Crippen molar-refractivity contribution < 1.29 is 22.4 Å². The van der Waals surface area contributed by atoms with Gasteiger partial charge in [0.2, 0.25) is 0 Å². The largest absolute Gasteiger partial charge is 0.346 e. The Kier molecular flexibility index (Phi) is 4.12. The number of hydrogen-bond acceptors (Lipinski definition) is 1. The van der Waals surface area contributed by atoms with Crippen LogP contribution in [-0.4, -0.2) is 18.9 Å². The molecule has 7 heteroatoms. The smallest absolute Gasteiger partial charge is 0.255 e. The van der Waals surface area contributed by atoms with E-state index >= 15 is 0 Å². The van der Waals surface area contributed by atoms with Gasteiger partial charge in [-0.15, -0.1) is 0 Å². The Morgan fingerprint density at radius 2 is 2.00 bits per heavy atom. The molecule has 0 bridgehead atoms. The third-order valence-electron chi connectivity index (χ3n) is 1.70. The summed E-state index contributed by atoms with van der Waals surface area (Å²) in [6, 6.07) is 1.61. The summed E-state index contributed by atoms with van der Waals surface area (Å²) in [6.07, 6.45) is -2.73. The van der Waals surface area contributed by atoms with Gasteiger partial charge >= 0.3 is 0 Å². The number of hydrogen-bond donors (Lipinski definition) is 1. The first-order chi connectivity index (χ1) is 7.43. The average Bonchev–Trinajstić information content (AvgIpc) is 2.23. The van der Waals surface area contributed by atoms with Crippen LogP contribution >= 0.6 is 11.6 Å². The highest BCUT2D eigenvalue weighted by molar-refractivity contribution is 6.34. The van der Waals surface area contributed by atoms with E-state index < -0.39 is 35.5 Å². The molecule has 0 fully saturated rings. The monoisotopic (exact) mass is 255 g/mol. The van der Waals surface area contributed by atoms with Crippen LogP contribution in [0, 0.1) is 11.6 Å². The predicted molar refractivity (Wildman–Crippen MR) is 49.7 cm³/mol. The molecule has 0 aromatic heterocycles. The van der Waals surface area contributed by atoms with Crippen molar-refractivity contribution in [2.75, 3.05) is 6.54 Å². The fourth-order valence-electron chi connectivity index (χ4n) is 0.966. The first kappa shape index (κ1) is 12.8. The summed E-state index contributed by atoms with van der Waals surface area (Å²) in [5.74, 6) is -3.58. The quantitative estimate of drug-likeness (QED) is 0.653. The molecule has 16 heavy (non-hydrogen) atoms. The van der Waals surface area contributed by atoms with Gasteiger partial charge in [-0.2, -0.15) is 0 Å². The van der Waals surface area contributed by atoms with Crippen molar-refractivity contribution in [3.63, 3.8) is 0 Å². The van der Waals surface area contributed by atoms with E-state index in [2.05, 4.69) is 0 Å². The standard InChI is InChI=1S/C9H6ClF4NO/c10-7-4(1-2-5(11)8(7)14)9(16)15-3-6(12)13/h1-2,6H,3H2,(H,15,16). The van der Waals surface area contributed by atoms with Crippen LogP contribution in [-0.2, 0) is 0 Å². The summed E-state index contributed by atoms with van der Waals surface area (Å²) in [5.41, 5.74) is -0.388. The Morgan fingerprint density at radius 3 is 2.56 bits per heavy atom. The molecule has 0 saturated carbocycles. The van der Waals surface area contributed by atoms with Crippen molar-refractivity contribution in [1.29, 1.82) is 0 Å². The van der Waals surface area contributed by atoms with Crippen LogP contribution in [0.2, 0.25) is 5.02 Å². The molecule has 0 radical (unpaired) electrons. The van der Waals surface area contributed by atoms with Crippen LogP contribution < -0.4 is 5.32 Å². The Hall–Kier alpha value is -1.30. The van der Waals surface area contributed by atoms with Crippen LogP contribution in [0.1, 0.15) is 10.4 Å². The maximum atomic E-state index is 12.9. The van der Waals surface area contributed by atoms with Gasteiger partial charge in [0, 0.05) is 0 Å². The van der Waals surface area contributed by atoms with E-state index in [1.54, 1.807) is 0 Å².